The Bertz CT molecular complexity index is 2570. The third kappa shape index (κ3) is 8.81. The number of carbonyl (C=O) groups is 4. The smallest absolute Gasteiger partial charge is 0.407 e. The van der Waals surface area contributed by atoms with E-state index in [1.54, 1.807) is 4.90 Å². The third-order valence-corrected chi connectivity index (χ3v) is 13.9. The number of pyridine rings is 1. The maximum absolute atomic E-state index is 13.9. The van der Waals surface area contributed by atoms with Gasteiger partial charge in [0, 0.05) is 26.2 Å². The van der Waals surface area contributed by atoms with Crippen LogP contribution in [-0.2, 0) is 19.1 Å². The van der Waals surface area contributed by atoms with Gasteiger partial charge in [0.15, 0.2) is 0 Å². The number of carbonyl (C=O) groups excluding carboxylic acids is 3. The number of fused-ring (bicyclic) bond motifs is 2. The Morgan fingerprint density at radius 3 is 1.71 bits per heavy atom. The first-order valence-corrected chi connectivity index (χ1v) is 23.4. The first kappa shape index (κ1) is 44.8. The molecule has 2 aromatic carbocycles. The second-order valence-corrected chi connectivity index (χ2v) is 18.7. The number of amides is 4. The molecule has 0 radical (unpaired) electrons. The van der Waals surface area contributed by atoms with Gasteiger partial charge >= 0.3 is 12.2 Å². The Hall–Kier alpha value is -6.43. The normalized spacial score (nSPS) is 22.2. The van der Waals surface area contributed by atoms with Crippen LogP contribution >= 0.6 is 0 Å². The summed E-state index contributed by atoms with van der Waals surface area (Å²) in [6, 6.07) is 14.9. The molecule has 0 spiro atoms. The van der Waals surface area contributed by atoms with Gasteiger partial charge in [-0.2, -0.15) is 0 Å². The van der Waals surface area contributed by atoms with Crippen LogP contribution in [0.15, 0.2) is 54.7 Å². The van der Waals surface area contributed by atoms with Crippen LogP contribution < -0.4 is 20.4 Å². The zero-order valence-corrected chi connectivity index (χ0v) is 38.3. The number of alkyl carbamates (subject to hydrolysis) is 1. The molecule has 0 bridgehead atoms. The van der Waals surface area contributed by atoms with Crippen LogP contribution in [0, 0.1) is 11.8 Å². The van der Waals surface area contributed by atoms with Crippen LogP contribution in [0.3, 0.4) is 0 Å². The molecule has 18 nitrogen and oxygen atoms in total. The molecule has 350 valence electrons. The van der Waals surface area contributed by atoms with E-state index in [1.807, 2.05) is 44.9 Å². The Kier molecular flexibility index (Phi) is 12.8. The molecule has 4 saturated heterocycles. The topological polar surface area (TPSA) is 214 Å². The number of nitrogens with one attached hydrogen (secondary N) is 4. The lowest BCUT2D eigenvalue weighted by molar-refractivity contribution is -0.136. The maximum atomic E-state index is 13.9. The summed E-state index contributed by atoms with van der Waals surface area (Å²) in [6.45, 7) is 11.5. The fourth-order valence-electron chi connectivity index (χ4n) is 10.5. The lowest BCUT2D eigenvalue weighted by Crippen LogP contribution is -2.51. The fourth-order valence-corrected chi connectivity index (χ4v) is 10.5. The number of imidazole rings is 2. The van der Waals surface area contributed by atoms with Crippen molar-refractivity contribution in [3.63, 3.8) is 0 Å². The number of aromatic amines is 2. The van der Waals surface area contributed by atoms with Crippen molar-refractivity contribution >= 4 is 57.6 Å². The number of ether oxygens (including phenoxy) is 2. The standard InChI is InChI=1S/C48H61N11O7/c1-27(2)41(54-47(62)63)45(60)57-18-6-8-38(57)43-50-32-13-10-29(24-34(32)52-43)36-15-16-37(59(36)31-12-17-40(49-26-31)56-20-22-66-23-21-56)30-11-14-33-35(25-30)53-44(51-33)39-9-7-19-58(39)46(61)42(28(3)4)55-48(64)65-5/h10-14,17,24-28,36-39,41-42,54H,6-9,15-16,18-23H2,1-5H3,(H,50,52)(H,51,53)(H,55,64)(H,62,63)/t36-,37-,38+,39+,41+,42+/m1/s1. The first-order chi connectivity index (χ1) is 31.9. The van der Waals surface area contributed by atoms with Crippen molar-refractivity contribution in [1.29, 1.82) is 0 Å². The van der Waals surface area contributed by atoms with Gasteiger partial charge in [-0.25, -0.2) is 24.5 Å². The Morgan fingerprint density at radius 1 is 0.712 bits per heavy atom. The predicted octanol–water partition coefficient (Wildman–Crippen LogP) is 6.75. The summed E-state index contributed by atoms with van der Waals surface area (Å²) in [7, 11) is 1.30. The highest BCUT2D eigenvalue weighted by atomic mass is 16.5. The number of rotatable bonds is 12. The van der Waals surface area contributed by atoms with Crippen molar-refractivity contribution in [3.05, 3.63) is 77.5 Å². The van der Waals surface area contributed by atoms with Gasteiger partial charge in [0.05, 0.1) is 78.4 Å². The van der Waals surface area contributed by atoms with E-state index < -0.39 is 24.3 Å². The number of methoxy groups -OCH3 is 1. The average molecular weight is 904 g/mol. The molecule has 4 aliphatic heterocycles. The van der Waals surface area contributed by atoms with Crippen molar-refractivity contribution < 1.29 is 33.8 Å². The number of morpholine rings is 1. The molecule has 4 fully saturated rings. The van der Waals surface area contributed by atoms with E-state index in [-0.39, 0.29) is 47.8 Å². The van der Waals surface area contributed by atoms with E-state index in [0.717, 1.165) is 102 Å². The van der Waals surface area contributed by atoms with Crippen LogP contribution in [0.2, 0.25) is 0 Å². The number of nitrogens with zero attached hydrogens (tertiary/aromatic N) is 7. The third-order valence-electron chi connectivity index (χ3n) is 13.9. The average Bonchev–Trinajstić information content (AvgIpc) is 4.18. The molecule has 5 N–H and O–H groups in total. The van der Waals surface area contributed by atoms with Crippen LogP contribution in [0.25, 0.3) is 22.1 Å². The summed E-state index contributed by atoms with van der Waals surface area (Å²) in [6.07, 6.45) is 5.00. The number of carboxylic acid groups (broad SMARTS) is 1. The van der Waals surface area contributed by atoms with Crippen LogP contribution in [-0.4, -0.2) is 122 Å². The van der Waals surface area contributed by atoms with Gasteiger partial charge in [0.25, 0.3) is 0 Å². The second-order valence-electron chi connectivity index (χ2n) is 18.7. The summed E-state index contributed by atoms with van der Waals surface area (Å²) in [5.74, 6) is 1.62. The highest BCUT2D eigenvalue weighted by molar-refractivity contribution is 5.87. The minimum atomic E-state index is -1.22. The number of anilines is 2. The number of hydrogen-bond acceptors (Lipinski definition) is 11. The first-order valence-electron chi connectivity index (χ1n) is 23.4. The lowest BCUT2D eigenvalue weighted by Gasteiger charge is -2.34. The number of benzene rings is 2. The van der Waals surface area contributed by atoms with Gasteiger partial charge in [-0.3, -0.25) is 9.59 Å². The van der Waals surface area contributed by atoms with Gasteiger partial charge < -0.3 is 54.8 Å². The molecule has 0 aliphatic carbocycles. The molecule has 0 unspecified atom stereocenters. The van der Waals surface area contributed by atoms with Crippen molar-refractivity contribution in [1.82, 2.24) is 45.4 Å². The van der Waals surface area contributed by atoms with E-state index in [4.69, 9.17) is 24.4 Å². The van der Waals surface area contributed by atoms with Gasteiger partial charge in [0.2, 0.25) is 11.8 Å². The van der Waals surface area contributed by atoms with Crippen LogP contribution in [0.4, 0.5) is 21.1 Å². The van der Waals surface area contributed by atoms with Gasteiger partial charge in [0.1, 0.15) is 29.6 Å². The van der Waals surface area contributed by atoms with E-state index in [0.29, 0.717) is 32.1 Å². The van der Waals surface area contributed by atoms with E-state index >= 15 is 0 Å². The molecule has 3 aromatic heterocycles. The minimum absolute atomic E-state index is 0.000719. The molecule has 18 heteroatoms. The molecular formula is C48H61N11O7. The monoisotopic (exact) mass is 903 g/mol. The molecule has 5 aromatic rings. The maximum Gasteiger partial charge on any atom is 0.407 e. The summed E-state index contributed by atoms with van der Waals surface area (Å²) in [4.78, 5) is 81.9. The molecule has 6 atom stereocenters. The van der Waals surface area contributed by atoms with Gasteiger partial charge in [-0.05, 0) is 97.9 Å². The second kappa shape index (κ2) is 18.8. The van der Waals surface area contributed by atoms with Crippen molar-refractivity contribution in [2.75, 3.05) is 56.3 Å². The predicted molar refractivity (Wildman–Crippen MR) is 248 cm³/mol. The summed E-state index contributed by atoms with van der Waals surface area (Å²) >= 11 is 0. The highest BCUT2D eigenvalue weighted by Gasteiger charge is 2.40. The minimum Gasteiger partial charge on any atom is -0.465 e. The Morgan fingerprint density at radius 2 is 1.24 bits per heavy atom. The SMILES string of the molecule is COC(=O)N[C@H](C(=O)N1CCC[C@H]1c1nc2ccc([C@H]3CC[C@H](c4ccc5nc([C@@H]6CCCN6C(=O)[C@@H](NC(=O)O)C(C)C)[nH]c5c4)N3c3ccc(N4CCOCC4)nc3)cc2[nH]1)C(C)C. The Balaban J connectivity index is 1.01. The Labute approximate surface area is 383 Å². The van der Waals surface area contributed by atoms with Crippen LogP contribution in [0.1, 0.15) is 113 Å². The summed E-state index contributed by atoms with van der Waals surface area (Å²) in [5, 5.41) is 14.6. The number of hydrogen-bond donors (Lipinski definition) is 5. The number of H-pyrrole nitrogens is 2. The molecule has 0 saturated carbocycles. The number of likely N-dealkylation sites (tertiary alicyclic amines) is 2. The largest absolute Gasteiger partial charge is 0.465 e. The van der Waals surface area contributed by atoms with E-state index in [2.05, 4.69) is 72.9 Å². The molecule has 7 heterocycles. The molecular weight excluding hydrogens is 843 g/mol. The summed E-state index contributed by atoms with van der Waals surface area (Å²) in [5.41, 5.74) is 6.65. The van der Waals surface area contributed by atoms with Crippen LogP contribution in [0.5, 0.6) is 0 Å². The molecule has 9 rings (SSSR count). The van der Waals surface area contributed by atoms with E-state index in [1.165, 1.54) is 7.11 Å². The molecule has 66 heavy (non-hydrogen) atoms. The molecule has 4 aliphatic rings. The number of aromatic nitrogens is 5. The zero-order chi connectivity index (χ0) is 46.2. The van der Waals surface area contributed by atoms with E-state index in [9.17, 15) is 24.3 Å². The van der Waals surface area contributed by atoms with Gasteiger partial charge in [-0.15, -0.1) is 0 Å². The van der Waals surface area contributed by atoms with Crippen molar-refractivity contribution in [2.45, 2.75) is 102 Å². The highest BCUT2D eigenvalue weighted by Crippen LogP contribution is 2.48. The lowest BCUT2D eigenvalue weighted by atomic mass is 10.0. The molecule has 4 amide bonds. The fraction of sp³-hybridized carbons (Fsp3) is 0.521. The van der Waals surface area contributed by atoms with Crippen molar-refractivity contribution in [3.8, 4) is 0 Å². The van der Waals surface area contributed by atoms with Gasteiger partial charge in [-0.1, -0.05) is 39.8 Å². The zero-order valence-electron chi connectivity index (χ0n) is 38.3. The summed E-state index contributed by atoms with van der Waals surface area (Å²) < 4.78 is 10.4. The van der Waals surface area contributed by atoms with Crippen molar-refractivity contribution in [2.24, 2.45) is 11.8 Å². The quantitative estimate of drug-likeness (QED) is 0.0879.